The minimum atomic E-state index is -0.116. The third kappa shape index (κ3) is 2.85. The Hall–Kier alpha value is -2.08. The van der Waals surface area contributed by atoms with E-state index in [0.29, 0.717) is 18.1 Å². The molecule has 110 valence electrons. The lowest BCUT2D eigenvalue weighted by Crippen LogP contribution is -2.26. The lowest BCUT2D eigenvalue weighted by molar-refractivity contribution is 0.0943. The second kappa shape index (κ2) is 5.73. The average Bonchev–Trinajstić information content (AvgIpc) is 2.93. The molecule has 1 aliphatic rings. The van der Waals surface area contributed by atoms with E-state index in [1.165, 1.54) is 11.3 Å². The Morgan fingerprint density at radius 1 is 1.33 bits per heavy atom. The quantitative estimate of drug-likeness (QED) is 0.947. The molecule has 1 aliphatic heterocycles. The van der Waals surface area contributed by atoms with Crippen LogP contribution in [0.4, 0.5) is 0 Å². The monoisotopic (exact) mass is 304 g/mol. The van der Waals surface area contributed by atoms with Gasteiger partial charge in [0.1, 0.15) is 18.1 Å². The van der Waals surface area contributed by atoms with E-state index in [-0.39, 0.29) is 11.9 Å². The molecule has 2 heterocycles. The number of nitrogens with one attached hydrogen (secondary N) is 1. The van der Waals surface area contributed by atoms with Crippen molar-refractivity contribution in [2.75, 3.05) is 13.2 Å². The van der Waals surface area contributed by atoms with Crippen LogP contribution >= 0.6 is 11.3 Å². The molecule has 1 atom stereocenters. The molecule has 0 fully saturated rings. The van der Waals surface area contributed by atoms with E-state index in [1.807, 2.05) is 32.0 Å². The number of rotatable bonds is 3. The summed E-state index contributed by atoms with van der Waals surface area (Å²) in [6.07, 6.45) is 0. The summed E-state index contributed by atoms with van der Waals surface area (Å²) in [5, 5.41) is 2.98. The second-order valence-corrected chi connectivity index (χ2v) is 5.72. The van der Waals surface area contributed by atoms with Gasteiger partial charge in [0.25, 0.3) is 5.91 Å². The minimum absolute atomic E-state index is 0.0996. The molecule has 3 rings (SSSR count). The lowest BCUT2D eigenvalue weighted by Gasteiger charge is -2.21. The number of ether oxygens (including phenoxy) is 2. The van der Waals surface area contributed by atoms with E-state index in [1.54, 1.807) is 5.51 Å². The van der Waals surface area contributed by atoms with Crippen LogP contribution in [0.2, 0.25) is 0 Å². The van der Waals surface area contributed by atoms with Gasteiger partial charge in [-0.25, -0.2) is 4.98 Å². The zero-order valence-electron chi connectivity index (χ0n) is 11.9. The predicted molar refractivity (Wildman–Crippen MR) is 80.2 cm³/mol. The van der Waals surface area contributed by atoms with Crippen molar-refractivity contribution >= 4 is 17.2 Å². The Morgan fingerprint density at radius 2 is 2.10 bits per heavy atom. The Kier molecular flexibility index (Phi) is 3.79. The van der Waals surface area contributed by atoms with Crippen LogP contribution in [0.25, 0.3) is 0 Å². The molecule has 1 aromatic heterocycles. The van der Waals surface area contributed by atoms with E-state index in [2.05, 4.69) is 10.3 Å². The number of hydrogen-bond acceptors (Lipinski definition) is 5. The summed E-state index contributed by atoms with van der Waals surface area (Å²) in [7, 11) is 0. The summed E-state index contributed by atoms with van der Waals surface area (Å²) < 4.78 is 11.1. The highest BCUT2D eigenvalue weighted by atomic mass is 32.1. The fourth-order valence-electron chi connectivity index (χ4n) is 2.19. The van der Waals surface area contributed by atoms with Crippen molar-refractivity contribution < 1.29 is 14.3 Å². The molecule has 0 aliphatic carbocycles. The van der Waals surface area contributed by atoms with E-state index in [4.69, 9.17) is 9.47 Å². The van der Waals surface area contributed by atoms with Gasteiger partial charge in [0.15, 0.2) is 11.5 Å². The first kappa shape index (κ1) is 13.9. The largest absolute Gasteiger partial charge is 0.486 e. The predicted octanol–water partition coefficient (Wildman–Crippen LogP) is 2.71. The number of amides is 1. The van der Waals surface area contributed by atoms with Gasteiger partial charge in [-0.3, -0.25) is 4.79 Å². The summed E-state index contributed by atoms with van der Waals surface area (Å²) in [6, 6.07) is 5.62. The standard InChI is InChI=1S/C15H16N2O3S/c1-9(17-15(18)14-10(2)16-8-21-14)11-3-4-12-13(7-11)20-6-5-19-12/h3-4,7-9H,5-6H2,1-2H3,(H,17,18). The maximum atomic E-state index is 12.2. The van der Waals surface area contributed by atoms with Crippen molar-refractivity contribution in [2.45, 2.75) is 19.9 Å². The number of thiazole rings is 1. The van der Waals surface area contributed by atoms with E-state index in [9.17, 15) is 4.79 Å². The van der Waals surface area contributed by atoms with E-state index in [0.717, 1.165) is 22.8 Å². The van der Waals surface area contributed by atoms with Gasteiger partial charge in [-0.15, -0.1) is 11.3 Å². The highest BCUT2D eigenvalue weighted by Gasteiger charge is 2.18. The van der Waals surface area contributed by atoms with E-state index < -0.39 is 0 Å². The molecule has 1 amide bonds. The lowest BCUT2D eigenvalue weighted by atomic mass is 10.1. The fraction of sp³-hybridized carbons (Fsp3) is 0.333. The Morgan fingerprint density at radius 3 is 2.81 bits per heavy atom. The summed E-state index contributed by atoms with van der Waals surface area (Å²) in [4.78, 5) is 17.0. The SMILES string of the molecule is Cc1ncsc1C(=O)NC(C)c1ccc2c(c1)OCCO2. The van der Waals surface area contributed by atoms with Crippen LogP contribution in [0.1, 0.15) is 33.9 Å². The maximum Gasteiger partial charge on any atom is 0.263 e. The molecule has 1 aromatic carbocycles. The molecule has 0 saturated heterocycles. The molecule has 2 aromatic rings. The first-order chi connectivity index (χ1) is 10.1. The van der Waals surface area contributed by atoms with Crippen LogP contribution in [-0.4, -0.2) is 24.1 Å². The molecule has 1 unspecified atom stereocenters. The van der Waals surface area contributed by atoms with Gasteiger partial charge >= 0.3 is 0 Å². The Labute approximate surface area is 126 Å². The number of fused-ring (bicyclic) bond motifs is 1. The third-order valence-electron chi connectivity index (χ3n) is 3.37. The number of aromatic nitrogens is 1. The van der Waals surface area contributed by atoms with Crippen LogP contribution in [-0.2, 0) is 0 Å². The van der Waals surface area contributed by atoms with Gasteiger partial charge in [-0.05, 0) is 31.5 Å². The van der Waals surface area contributed by atoms with Crippen LogP contribution < -0.4 is 14.8 Å². The van der Waals surface area contributed by atoms with Crippen molar-refractivity contribution in [3.8, 4) is 11.5 Å². The van der Waals surface area contributed by atoms with Crippen LogP contribution in [0.3, 0.4) is 0 Å². The Bertz CT molecular complexity index is 669. The van der Waals surface area contributed by atoms with Gasteiger partial charge in [-0.2, -0.15) is 0 Å². The number of hydrogen-bond donors (Lipinski definition) is 1. The van der Waals surface area contributed by atoms with Gasteiger partial charge in [0.05, 0.1) is 17.2 Å². The third-order valence-corrected chi connectivity index (χ3v) is 4.29. The zero-order valence-corrected chi connectivity index (χ0v) is 12.7. The van der Waals surface area contributed by atoms with Gasteiger partial charge in [-0.1, -0.05) is 6.07 Å². The smallest absolute Gasteiger partial charge is 0.263 e. The molecule has 21 heavy (non-hydrogen) atoms. The number of carbonyl (C=O) groups is 1. The first-order valence-electron chi connectivity index (χ1n) is 6.75. The van der Waals surface area contributed by atoms with Gasteiger partial charge in [0.2, 0.25) is 0 Å². The van der Waals surface area contributed by atoms with Crippen molar-refractivity contribution in [2.24, 2.45) is 0 Å². The second-order valence-electron chi connectivity index (χ2n) is 4.87. The number of benzene rings is 1. The van der Waals surface area contributed by atoms with Crippen molar-refractivity contribution in [3.63, 3.8) is 0 Å². The fourth-order valence-corrected chi connectivity index (χ4v) is 2.90. The molecule has 0 saturated carbocycles. The number of nitrogens with zero attached hydrogens (tertiary/aromatic N) is 1. The molecule has 1 N–H and O–H groups in total. The van der Waals surface area contributed by atoms with Crippen LogP contribution in [0, 0.1) is 6.92 Å². The summed E-state index contributed by atoms with van der Waals surface area (Å²) in [6.45, 7) is 4.90. The average molecular weight is 304 g/mol. The van der Waals surface area contributed by atoms with Crippen molar-refractivity contribution in [1.82, 2.24) is 10.3 Å². The molecule has 6 heteroatoms. The van der Waals surface area contributed by atoms with Crippen LogP contribution in [0.5, 0.6) is 11.5 Å². The minimum Gasteiger partial charge on any atom is -0.486 e. The van der Waals surface area contributed by atoms with Gasteiger partial charge in [0, 0.05) is 0 Å². The molecular weight excluding hydrogens is 288 g/mol. The molecule has 0 radical (unpaired) electrons. The summed E-state index contributed by atoms with van der Waals surface area (Å²) >= 11 is 1.35. The van der Waals surface area contributed by atoms with Crippen molar-refractivity contribution in [3.05, 3.63) is 39.8 Å². The van der Waals surface area contributed by atoms with Gasteiger partial charge < -0.3 is 14.8 Å². The normalized spacial score (nSPS) is 14.6. The highest BCUT2D eigenvalue weighted by Crippen LogP contribution is 2.32. The highest BCUT2D eigenvalue weighted by molar-refractivity contribution is 7.11. The molecule has 0 spiro atoms. The molecule has 5 nitrogen and oxygen atoms in total. The Balaban J connectivity index is 1.75. The van der Waals surface area contributed by atoms with Crippen LogP contribution in [0.15, 0.2) is 23.7 Å². The first-order valence-corrected chi connectivity index (χ1v) is 7.63. The summed E-state index contributed by atoms with van der Waals surface area (Å²) in [5.41, 5.74) is 3.42. The number of carbonyl (C=O) groups excluding carboxylic acids is 1. The molecule has 0 bridgehead atoms. The van der Waals surface area contributed by atoms with E-state index >= 15 is 0 Å². The zero-order chi connectivity index (χ0) is 14.8. The summed E-state index contributed by atoms with van der Waals surface area (Å²) in [5.74, 6) is 1.38. The molecular formula is C15H16N2O3S. The maximum absolute atomic E-state index is 12.2. The topological polar surface area (TPSA) is 60.5 Å². The van der Waals surface area contributed by atoms with Crippen molar-refractivity contribution in [1.29, 1.82) is 0 Å². The number of aryl methyl sites for hydroxylation is 1.